The van der Waals surface area contributed by atoms with Crippen molar-refractivity contribution in [2.24, 2.45) is 10.2 Å². The first-order chi connectivity index (χ1) is 13.4. The number of azo groups is 1. The number of nitrogens with zero attached hydrogens (tertiary/aromatic N) is 3. The third-order valence-electron chi connectivity index (χ3n) is 4.31. The SMILES string of the molecule is COc1ccc(OCC(=O)N=Nc2c(O)n(C(C)C)c3ccc(C)cc23)cc1. The van der Waals surface area contributed by atoms with Gasteiger partial charge < -0.3 is 19.1 Å². The van der Waals surface area contributed by atoms with E-state index in [2.05, 4.69) is 10.2 Å². The van der Waals surface area contributed by atoms with Gasteiger partial charge in [0.2, 0.25) is 5.88 Å². The van der Waals surface area contributed by atoms with Gasteiger partial charge in [0.15, 0.2) is 12.3 Å². The van der Waals surface area contributed by atoms with Crippen molar-refractivity contribution in [3.63, 3.8) is 0 Å². The lowest BCUT2D eigenvalue weighted by molar-refractivity contribution is -0.120. The van der Waals surface area contributed by atoms with Crippen LogP contribution in [0.15, 0.2) is 52.7 Å². The maximum atomic E-state index is 12.1. The Hall–Kier alpha value is -3.35. The molecule has 0 bridgehead atoms. The third kappa shape index (κ3) is 3.98. The lowest BCUT2D eigenvalue weighted by Gasteiger charge is -2.10. The molecule has 1 heterocycles. The Morgan fingerprint density at radius 1 is 1.14 bits per heavy atom. The summed E-state index contributed by atoms with van der Waals surface area (Å²) in [5.74, 6) is 0.668. The van der Waals surface area contributed by atoms with E-state index in [1.165, 1.54) is 0 Å². The molecule has 0 unspecified atom stereocenters. The van der Waals surface area contributed by atoms with Crippen molar-refractivity contribution >= 4 is 22.5 Å². The molecule has 0 aliphatic rings. The molecule has 0 aliphatic heterocycles. The summed E-state index contributed by atoms with van der Waals surface area (Å²) in [4.78, 5) is 12.1. The molecule has 1 amide bonds. The molecule has 1 N–H and O–H groups in total. The molecule has 0 radical (unpaired) electrons. The largest absolute Gasteiger partial charge is 0.497 e. The fraction of sp³-hybridized carbons (Fsp3) is 0.286. The molecular formula is C21H23N3O4. The summed E-state index contributed by atoms with van der Waals surface area (Å²) in [6.45, 7) is 5.64. The van der Waals surface area contributed by atoms with Crippen LogP contribution in [0.4, 0.5) is 5.69 Å². The molecule has 1 aromatic heterocycles. The number of aryl methyl sites for hydroxylation is 1. The van der Waals surface area contributed by atoms with Crippen molar-refractivity contribution in [1.82, 2.24) is 4.57 Å². The number of rotatable bonds is 6. The van der Waals surface area contributed by atoms with Crippen LogP contribution in [-0.4, -0.2) is 29.3 Å². The van der Waals surface area contributed by atoms with Gasteiger partial charge in [-0.2, -0.15) is 0 Å². The van der Waals surface area contributed by atoms with Gasteiger partial charge in [-0.25, -0.2) is 0 Å². The molecule has 2 aromatic carbocycles. The van der Waals surface area contributed by atoms with Crippen molar-refractivity contribution in [3.8, 4) is 17.4 Å². The normalized spacial score (nSPS) is 11.5. The Bertz CT molecular complexity index is 1020. The van der Waals surface area contributed by atoms with Gasteiger partial charge in [-0.3, -0.25) is 4.79 Å². The number of fused-ring (bicyclic) bond motifs is 1. The van der Waals surface area contributed by atoms with E-state index in [0.717, 1.165) is 16.5 Å². The van der Waals surface area contributed by atoms with E-state index < -0.39 is 5.91 Å². The second kappa shape index (κ2) is 8.12. The highest BCUT2D eigenvalue weighted by Crippen LogP contribution is 2.41. The van der Waals surface area contributed by atoms with Crippen molar-refractivity contribution in [2.45, 2.75) is 26.8 Å². The quantitative estimate of drug-likeness (QED) is 0.613. The smallest absolute Gasteiger partial charge is 0.302 e. The van der Waals surface area contributed by atoms with E-state index >= 15 is 0 Å². The Labute approximate surface area is 163 Å². The maximum absolute atomic E-state index is 12.1. The molecular weight excluding hydrogens is 358 g/mol. The number of hydrogen-bond donors (Lipinski definition) is 1. The summed E-state index contributed by atoms with van der Waals surface area (Å²) in [7, 11) is 1.58. The molecule has 146 valence electrons. The topological polar surface area (TPSA) is 85.4 Å². The zero-order valence-corrected chi connectivity index (χ0v) is 16.3. The molecule has 0 fully saturated rings. The number of ether oxygens (including phenoxy) is 2. The van der Waals surface area contributed by atoms with Crippen LogP contribution in [0.25, 0.3) is 10.9 Å². The number of methoxy groups -OCH3 is 1. The Balaban J connectivity index is 1.79. The Kier molecular flexibility index (Phi) is 5.63. The van der Waals surface area contributed by atoms with Gasteiger partial charge in [-0.05, 0) is 57.2 Å². The molecule has 0 saturated carbocycles. The van der Waals surface area contributed by atoms with Crippen molar-refractivity contribution in [1.29, 1.82) is 0 Å². The number of amides is 1. The molecule has 0 aliphatic carbocycles. The highest BCUT2D eigenvalue weighted by molar-refractivity contribution is 5.96. The second-order valence-electron chi connectivity index (χ2n) is 6.71. The van der Waals surface area contributed by atoms with Crippen LogP contribution in [0.2, 0.25) is 0 Å². The zero-order valence-electron chi connectivity index (χ0n) is 16.3. The van der Waals surface area contributed by atoms with Crippen LogP contribution in [0.1, 0.15) is 25.5 Å². The molecule has 0 spiro atoms. The number of carbonyl (C=O) groups excluding carboxylic acids is 1. The molecule has 0 atom stereocenters. The van der Waals surface area contributed by atoms with Gasteiger partial charge in [-0.1, -0.05) is 11.6 Å². The number of aromatic hydroxyl groups is 1. The van der Waals surface area contributed by atoms with Crippen LogP contribution in [-0.2, 0) is 4.79 Å². The van der Waals surface area contributed by atoms with Gasteiger partial charge in [0.25, 0.3) is 0 Å². The average molecular weight is 381 g/mol. The molecule has 0 saturated heterocycles. The van der Waals surface area contributed by atoms with Crippen molar-refractivity contribution in [2.75, 3.05) is 13.7 Å². The average Bonchev–Trinajstić information content (AvgIpc) is 2.95. The fourth-order valence-corrected chi connectivity index (χ4v) is 2.97. The van der Waals surface area contributed by atoms with Crippen molar-refractivity contribution < 1.29 is 19.4 Å². The first kappa shape index (κ1) is 19.4. The van der Waals surface area contributed by atoms with E-state index in [-0.39, 0.29) is 24.2 Å². The number of benzene rings is 2. The molecule has 3 rings (SSSR count). The van der Waals surface area contributed by atoms with E-state index in [1.807, 2.05) is 39.0 Å². The van der Waals surface area contributed by atoms with E-state index in [9.17, 15) is 9.90 Å². The van der Waals surface area contributed by atoms with Gasteiger partial charge in [0, 0.05) is 11.4 Å². The monoisotopic (exact) mass is 381 g/mol. The van der Waals surface area contributed by atoms with E-state index in [4.69, 9.17) is 9.47 Å². The highest BCUT2D eigenvalue weighted by atomic mass is 16.5. The maximum Gasteiger partial charge on any atom is 0.302 e. The summed E-state index contributed by atoms with van der Waals surface area (Å²) < 4.78 is 12.2. The summed E-state index contributed by atoms with van der Waals surface area (Å²) in [6, 6.07) is 12.7. The second-order valence-corrected chi connectivity index (χ2v) is 6.71. The number of aromatic nitrogens is 1. The summed E-state index contributed by atoms with van der Waals surface area (Å²) in [5, 5.41) is 19.1. The first-order valence-corrected chi connectivity index (χ1v) is 8.95. The van der Waals surface area contributed by atoms with Crippen LogP contribution in [0.3, 0.4) is 0 Å². The molecule has 7 nitrogen and oxygen atoms in total. The summed E-state index contributed by atoms with van der Waals surface area (Å²) >= 11 is 0. The standard InChI is InChI=1S/C21H23N3O4/c1-13(2)24-18-10-5-14(3)11-17(18)20(21(24)26)23-22-19(25)12-28-16-8-6-15(27-4)7-9-16/h5-11,13,26H,12H2,1-4H3. The van der Waals surface area contributed by atoms with Crippen LogP contribution in [0.5, 0.6) is 17.4 Å². The molecule has 28 heavy (non-hydrogen) atoms. The molecule has 3 aromatic rings. The predicted molar refractivity (Wildman–Crippen MR) is 107 cm³/mol. The lowest BCUT2D eigenvalue weighted by atomic mass is 10.1. The first-order valence-electron chi connectivity index (χ1n) is 8.95. The summed E-state index contributed by atoms with van der Waals surface area (Å²) in [5.41, 5.74) is 2.15. The Morgan fingerprint density at radius 2 is 1.82 bits per heavy atom. The predicted octanol–water partition coefficient (Wildman–Crippen LogP) is 4.93. The highest BCUT2D eigenvalue weighted by Gasteiger charge is 2.19. The van der Waals surface area contributed by atoms with Gasteiger partial charge in [0.1, 0.15) is 11.5 Å². The van der Waals surface area contributed by atoms with Gasteiger partial charge in [-0.15, -0.1) is 10.2 Å². The third-order valence-corrected chi connectivity index (χ3v) is 4.31. The van der Waals surface area contributed by atoms with E-state index in [0.29, 0.717) is 11.5 Å². The van der Waals surface area contributed by atoms with E-state index in [1.54, 1.807) is 35.9 Å². The zero-order chi connectivity index (χ0) is 20.3. The van der Waals surface area contributed by atoms with Crippen LogP contribution >= 0.6 is 0 Å². The Morgan fingerprint density at radius 3 is 2.46 bits per heavy atom. The lowest BCUT2D eigenvalue weighted by Crippen LogP contribution is -2.07. The minimum absolute atomic E-state index is 0.0109. The van der Waals surface area contributed by atoms with Gasteiger partial charge in [0.05, 0.1) is 12.6 Å². The van der Waals surface area contributed by atoms with Crippen molar-refractivity contribution in [3.05, 3.63) is 48.0 Å². The summed E-state index contributed by atoms with van der Waals surface area (Å²) in [6.07, 6.45) is 0. The minimum atomic E-state index is -0.548. The minimum Gasteiger partial charge on any atom is -0.497 e. The number of carbonyl (C=O) groups is 1. The van der Waals surface area contributed by atoms with Gasteiger partial charge >= 0.3 is 5.91 Å². The fourth-order valence-electron chi connectivity index (χ4n) is 2.97. The molecule has 7 heteroatoms. The number of hydrogen-bond acceptors (Lipinski definition) is 5. The van der Waals surface area contributed by atoms with Crippen LogP contribution in [0, 0.1) is 6.92 Å². The van der Waals surface area contributed by atoms with Crippen LogP contribution < -0.4 is 9.47 Å².